The molecule has 1 aliphatic rings. The fraction of sp³-hybridized carbons (Fsp3) is 0.727. The predicted molar refractivity (Wildman–Crippen MR) is 58.0 cm³/mol. The van der Waals surface area contributed by atoms with Gasteiger partial charge in [-0.25, -0.2) is 13.5 Å². The number of halogens is 2. The zero-order chi connectivity index (χ0) is 13.2. The maximum absolute atomic E-state index is 13.2. The van der Waals surface area contributed by atoms with Crippen molar-refractivity contribution in [2.24, 2.45) is 0 Å². The van der Waals surface area contributed by atoms with Crippen LogP contribution in [0.3, 0.4) is 0 Å². The molecule has 1 aromatic rings. The first-order valence-electron chi connectivity index (χ1n) is 5.85. The standard InChI is InChI=1S/C11H14F2N4O/c12-11(13,7-18)6-17-10(8-2-1-3-8)9(4-5-14)15-16-17/h8,18H,1-4,6-7H2. The van der Waals surface area contributed by atoms with Crippen molar-refractivity contribution >= 4 is 0 Å². The van der Waals surface area contributed by atoms with Crippen molar-refractivity contribution < 1.29 is 13.9 Å². The lowest BCUT2D eigenvalue weighted by Gasteiger charge is -2.27. The number of aromatic nitrogens is 3. The van der Waals surface area contributed by atoms with Crippen LogP contribution in [-0.2, 0) is 13.0 Å². The molecule has 2 rings (SSSR count). The Morgan fingerprint density at radius 1 is 1.50 bits per heavy atom. The highest BCUT2D eigenvalue weighted by atomic mass is 19.3. The molecule has 1 saturated carbocycles. The molecule has 5 nitrogen and oxygen atoms in total. The van der Waals surface area contributed by atoms with Crippen LogP contribution >= 0.6 is 0 Å². The van der Waals surface area contributed by atoms with Crippen molar-refractivity contribution in [1.29, 1.82) is 5.26 Å². The second-order valence-electron chi connectivity index (χ2n) is 4.56. The van der Waals surface area contributed by atoms with Gasteiger partial charge in [0.1, 0.15) is 18.8 Å². The van der Waals surface area contributed by atoms with E-state index in [1.165, 1.54) is 0 Å². The third-order valence-electron chi connectivity index (χ3n) is 3.20. The minimum Gasteiger partial charge on any atom is -0.390 e. The summed E-state index contributed by atoms with van der Waals surface area (Å²) >= 11 is 0. The molecule has 1 N–H and O–H groups in total. The molecule has 0 aromatic carbocycles. The van der Waals surface area contributed by atoms with Gasteiger partial charge in [0.15, 0.2) is 0 Å². The summed E-state index contributed by atoms with van der Waals surface area (Å²) in [5, 5.41) is 24.8. The average Bonchev–Trinajstić information content (AvgIpc) is 2.61. The molecule has 1 aliphatic carbocycles. The van der Waals surface area contributed by atoms with Gasteiger partial charge >= 0.3 is 0 Å². The fourth-order valence-corrected chi connectivity index (χ4v) is 2.07. The SMILES string of the molecule is N#CCc1nnn(CC(F)(F)CO)c1C1CCC1. The Morgan fingerprint density at radius 2 is 2.22 bits per heavy atom. The van der Waals surface area contributed by atoms with Crippen LogP contribution in [0.15, 0.2) is 0 Å². The van der Waals surface area contributed by atoms with E-state index in [9.17, 15) is 8.78 Å². The van der Waals surface area contributed by atoms with Gasteiger partial charge in [-0.05, 0) is 12.8 Å². The van der Waals surface area contributed by atoms with Crippen molar-refractivity contribution in [2.45, 2.75) is 44.1 Å². The lowest BCUT2D eigenvalue weighted by Crippen LogP contribution is -2.30. The molecule has 0 atom stereocenters. The van der Waals surface area contributed by atoms with Gasteiger partial charge in [-0.1, -0.05) is 11.6 Å². The van der Waals surface area contributed by atoms with Crippen LogP contribution in [0, 0.1) is 11.3 Å². The number of nitriles is 1. The summed E-state index contributed by atoms with van der Waals surface area (Å²) in [7, 11) is 0. The maximum atomic E-state index is 13.2. The summed E-state index contributed by atoms with van der Waals surface area (Å²) in [6.45, 7) is -1.90. The van der Waals surface area contributed by atoms with Gasteiger partial charge in [0.05, 0.1) is 18.2 Å². The number of aliphatic hydroxyl groups excluding tert-OH is 1. The Balaban J connectivity index is 2.26. The maximum Gasteiger partial charge on any atom is 0.289 e. The van der Waals surface area contributed by atoms with E-state index < -0.39 is 19.1 Å². The molecule has 18 heavy (non-hydrogen) atoms. The van der Waals surface area contributed by atoms with Gasteiger partial charge < -0.3 is 5.11 Å². The largest absolute Gasteiger partial charge is 0.390 e. The molecule has 7 heteroatoms. The van der Waals surface area contributed by atoms with Crippen molar-refractivity contribution in [3.8, 4) is 6.07 Å². The zero-order valence-electron chi connectivity index (χ0n) is 9.81. The molecular formula is C11H14F2N4O. The van der Waals surface area contributed by atoms with E-state index in [2.05, 4.69) is 10.3 Å². The molecule has 0 radical (unpaired) electrons. The summed E-state index contributed by atoms with van der Waals surface area (Å²) in [4.78, 5) is 0. The molecule has 0 unspecified atom stereocenters. The van der Waals surface area contributed by atoms with E-state index >= 15 is 0 Å². The molecular weight excluding hydrogens is 242 g/mol. The lowest BCUT2D eigenvalue weighted by atomic mass is 9.81. The van der Waals surface area contributed by atoms with Gasteiger partial charge in [-0.3, -0.25) is 0 Å². The third kappa shape index (κ3) is 2.48. The molecule has 0 bridgehead atoms. The molecule has 0 saturated heterocycles. The Labute approximate surface area is 103 Å². The molecule has 0 aliphatic heterocycles. The van der Waals surface area contributed by atoms with E-state index in [1.807, 2.05) is 6.07 Å². The average molecular weight is 256 g/mol. The fourth-order valence-electron chi connectivity index (χ4n) is 2.07. The summed E-state index contributed by atoms with van der Waals surface area (Å²) in [6.07, 6.45) is 2.96. The first-order chi connectivity index (χ1) is 8.57. The summed E-state index contributed by atoms with van der Waals surface area (Å²) < 4.78 is 27.5. The minimum atomic E-state index is -3.21. The molecule has 1 fully saturated rings. The predicted octanol–water partition coefficient (Wildman–Crippen LogP) is 1.24. The minimum absolute atomic E-state index is 0.0799. The van der Waals surface area contributed by atoms with Crippen LogP contribution in [0.25, 0.3) is 0 Å². The van der Waals surface area contributed by atoms with E-state index in [0.717, 1.165) is 23.9 Å². The van der Waals surface area contributed by atoms with E-state index in [0.29, 0.717) is 11.4 Å². The first kappa shape index (κ1) is 12.9. The monoisotopic (exact) mass is 256 g/mol. The summed E-state index contributed by atoms with van der Waals surface area (Å²) in [5.41, 5.74) is 1.12. The zero-order valence-corrected chi connectivity index (χ0v) is 9.81. The number of rotatable bonds is 5. The highest BCUT2D eigenvalue weighted by molar-refractivity contribution is 5.21. The molecule has 1 heterocycles. The number of alkyl halides is 2. The highest BCUT2D eigenvalue weighted by Crippen LogP contribution is 2.38. The number of aliphatic hydroxyl groups is 1. The van der Waals surface area contributed by atoms with E-state index in [-0.39, 0.29) is 12.3 Å². The Morgan fingerprint density at radius 3 is 2.72 bits per heavy atom. The van der Waals surface area contributed by atoms with Crippen molar-refractivity contribution in [3.63, 3.8) is 0 Å². The summed E-state index contributed by atoms with van der Waals surface area (Å²) in [6, 6.07) is 1.96. The van der Waals surface area contributed by atoms with Crippen LogP contribution in [-0.4, -0.2) is 32.6 Å². The second kappa shape index (κ2) is 4.98. The topological polar surface area (TPSA) is 74.7 Å². The normalized spacial score (nSPS) is 16.3. The van der Waals surface area contributed by atoms with Gasteiger partial charge in [0, 0.05) is 5.92 Å². The quantitative estimate of drug-likeness (QED) is 0.860. The van der Waals surface area contributed by atoms with Crippen LogP contribution in [0.5, 0.6) is 0 Å². The van der Waals surface area contributed by atoms with Gasteiger partial charge in [0.2, 0.25) is 0 Å². The van der Waals surface area contributed by atoms with Crippen molar-refractivity contribution in [2.75, 3.05) is 6.61 Å². The van der Waals surface area contributed by atoms with E-state index in [4.69, 9.17) is 10.4 Å². The molecule has 0 spiro atoms. The summed E-state index contributed by atoms with van der Waals surface area (Å²) in [5.74, 6) is -3.05. The number of hydrogen-bond acceptors (Lipinski definition) is 4. The smallest absolute Gasteiger partial charge is 0.289 e. The van der Waals surface area contributed by atoms with Gasteiger partial charge in [0.25, 0.3) is 5.92 Å². The van der Waals surface area contributed by atoms with Gasteiger partial charge in [-0.2, -0.15) is 5.26 Å². The highest BCUT2D eigenvalue weighted by Gasteiger charge is 2.34. The Bertz CT molecular complexity index is 462. The van der Waals surface area contributed by atoms with Gasteiger partial charge in [-0.15, -0.1) is 5.10 Å². The Hall–Kier alpha value is -1.55. The van der Waals surface area contributed by atoms with Crippen LogP contribution in [0.4, 0.5) is 8.78 Å². The van der Waals surface area contributed by atoms with Crippen LogP contribution in [0.2, 0.25) is 0 Å². The third-order valence-corrected chi connectivity index (χ3v) is 3.20. The first-order valence-corrected chi connectivity index (χ1v) is 5.85. The Kier molecular flexibility index (Phi) is 3.57. The number of nitrogens with zero attached hydrogens (tertiary/aromatic N) is 4. The van der Waals surface area contributed by atoms with Crippen LogP contribution in [0.1, 0.15) is 36.6 Å². The molecule has 0 amide bonds. The lowest BCUT2D eigenvalue weighted by molar-refractivity contribution is -0.0663. The number of hydrogen-bond donors (Lipinski definition) is 1. The van der Waals surface area contributed by atoms with Crippen molar-refractivity contribution in [3.05, 3.63) is 11.4 Å². The van der Waals surface area contributed by atoms with Crippen LogP contribution < -0.4 is 0 Å². The molecule has 1 aromatic heterocycles. The van der Waals surface area contributed by atoms with E-state index in [1.54, 1.807) is 0 Å². The second-order valence-corrected chi connectivity index (χ2v) is 4.56. The van der Waals surface area contributed by atoms with Crippen molar-refractivity contribution in [1.82, 2.24) is 15.0 Å². The molecule has 98 valence electrons.